The maximum absolute atomic E-state index is 8.86. The Morgan fingerprint density at radius 3 is 2.35 bits per heavy atom. The largest absolute Gasteiger partial charge is 0.497 e. The molecule has 5 nitrogen and oxygen atoms in total. The lowest BCUT2D eigenvalue weighted by Gasteiger charge is -2.12. The van der Waals surface area contributed by atoms with Gasteiger partial charge in [-0.3, -0.25) is 0 Å². The van der Waals surface area contributed by atoms with Crippen LogP contribution in [0.1, 0.15) is 5.56 Å². The number of nitrogen functional groups attached to an aromatic ring is 1. The van der Waals surface area contributed by atoms with Crippen molar-refractivity contribution >= 4 is 5.69 Å². The van der Waals surface area contributed by atoms with Crippen LogP contribution in [0.15, 0.2) is 36.4 Å². The van der Waals surface area contributed by atoms with Crippen molar-refractivity contribution in [2.24, 2.45) is 0 Å². The van der Waals surface area contributed by atoms with E-state index in [0.29, 0.717) is 34.2 Å². The average molecular weight is 270 g/mol. The van der Waals surface area contributed by atoms with Crippen molar-refractivity contribution in [1.29, 1.82) is 5.26 Å². The van der Waals surface area contributed by atoms with E-state index in [1.165, 1.54) is 7.11 Å². The Balaban J connectivity index is 2.34. The molecule has 0 aliphatic heterocycles. The fourth-order valence-corrected chi connectivity index (χ4v) is 1.72. The second kappa shape index (κ2) is 5.85. The van der Waals surface area contributed by atoms with Crippen LogP contribution in [0.3, 0.4) is 0 Å². The second-order valence-corrected chi connectivity index (χ2v) is 4.02. The Kier molecular flexibility index (Phi) is 3.96. The summed E-state index contributed by atoms with van der Waals surface area (Å²) >= 11 is 0. The maximum Gasteiger partial charge on any atom is 0.169 e. The molecule has 2 aromatic rings. The van der Waals surface area contributed by atoms with Gasteiger partial charge in [-0.1, -0.05) is 0 Å². The molecule has 0 atom stereocenters. The molecule has 0 aromatic heterocycles. The molecule has 0 unspecified atom stereocenters. The smallest absolute Gasteiger partial charge is 0.169 e. The fourth-order valence-electron chi connectivity index (χ4n) is 1.72. The summed E-state index contributed by atoms with van der Waals surface area (Å²) in [6.45, 7) is 0. The zero-order valence-electron chi connectivity index (χ0n) is 11.2. The van der Waals surface area contributed by atoms with Crippen LogP contribution in [0, 0.1) is 11.3 Å². The van der Waals surface area contributed by atoms with E-state index in [-0.39, 0.29) is 0 Å². The Hall–Kier alpha value is -2.87. The summed E-state index contributed by atoms with van der Waals surface area (Å²) in [6.07, 6.45) is 0. The van der Waals surface area contributed by atoms with Crippen LogP contribution < -0.4 is 19.9 Å². The monoisotopic (exact) mass is 270 g/mol. The van der Waals surface area contributed by atoms with Crippen molar-refractivity contribution < 1.29 is 14.2 Å². The highest BCUT2D eigenvalue weighted by atomic mass is 16.5. The highest BCUT2D eigenvalue weighted by Gasteiger charge is 2.08. The second-order valence-electron chi connectivity index (χ2n) is 4.02. The molecule has 2 aromatic carbocycles. The van der Waals surface area contributed by atoms with Gasteiger partial charge in [-0.25, -0.2) is 0 Å². The minimum Gasteiger partial charge on any atom is -0.497 e. The maximum atomic E-state index is 8.86. The predicted octanol–water partition coefficient (Wildman–Crippen LogP) is 2.95. The molecule has 0 saturated heterocycles. The number of rotatable bonds is 4. The first-order chi connectivity index (χ1) is 9.66. The molecule has 0 saturated carbocycles. The van der Waals surface area contributed by atoms with E-state index >= 15 is 0 Å². The van der Waals surface area contributed by atoms with E-state index in [4.69, 9.17) is 25.2 Å². The third-order valence-corrected chi connectivity index (χ3v) is 2.66. The molecule has 0 aliphatic rings. The van der Waals surface area contributed by atoms with Crippen LogP contribution in [-0.2, 0) is 0 Å². The number of hydrogen-bond acceptors (Lipinski definition) is 5. The van der Waals surface area contributed by atoms with Crippen LogP contribution in [0.2, 0.25) is 0 Å². The number of hydrogen-bond donors (Lipinski definition) is 1. The van der Waals surface area contributed by atoms with Crippen LogP contribution >= 0.6 is 0 Å². The molecule has 0 heterocycles. The lowest BCUT2D eigenvalue weighted by Crippen LogP contribution is -1.94. The van der Waals surface area contributed by atoms with E-state index in [0.717, 1.165) is 0 Å². The Morgan fingerprint density at radius 2 is 1.70 bits per heavy atom. The number of nitrogens with two attached hydrogens (primary N) is 1. The quantitative estimate of drug-likeness (QED) is 0.864. The Bertz CT molecular complexity index is 663. The first-order valence-electron chi connectivity index (χ1n) is 5.87. The van der Waals surface area contributed by atoms with Gasteiger partial charge in [-0.2, -0.15) is 5.26 Å². The summed E-state index contributed by atoms with van der Waals surface area (Å²) in [5.41, 5.74) is 6.80. The van der Waals surface area contributed by atoms with Crippen molar-refractivity contribution in [2.45, 2.75) is 0 Å². The number of nitriles is 1. The van der Waals surface area contributed by atoms with Crippen molar-refractivity contribution in [3.63, 3.8) is 0 Å². The molecule has 0 fully saturated rings. The first kappa shape index (κ1) is 13.6. The van der Waals surface area contributed by atoms with Gasteiger partial charge in [0.25, 0.3) is 0 Å². The van der Waals surface area contributed by atoms with E-state index in [1.807, 2.05) is 6.07 Å². The highest BCUT2D eigenvalue weighted by Crippen LogP contribution is 2.34. The molecule has 0 spiro atoms. The minimum absolute atomic E-state index is 0.477. The summed E-state index contributed by atoms with van der Waals surface area (Å²) in [7, 11) is 3.07. The summed E-state index contributed by atoms with van der Waals surface area (Å²) in [5, 5.41) is 8.86. The molecular formula is C15H14N2O3. The number of nitrogens with zero attached hydrogens (tertiary/aromatic N) is 1. The molecule has 20 heavy (non-hydrogen) atoms. The van der Waals surface area contributed by atoms with Gasteiger partial charge in [-0.15, -0.1) is 0 Å². The molecular weight excluding hydrogens is 256 g/mol. The van der Waals surface area contributed by atoms with Crippen molar-refractivity contribution in [3.8, 4) is 29.1 Å². The van der Waals surface area contributed by atoms with E-state index in [2.05, 4.69) is 0 Å². The molecule has 2 N–H and O–H groups in total. The zero-order chi connectivity index (χ0) is 14.5. The van der Waals surface area contributed by atoms with Crippen LogP contribution in [0.4, 0.5) is 5.69 Å². The van der Waals surface area contributed by atoms with Gasteiger partial charge >= 0.3 is 0 Å². The van der Waals surface area contributed by atoms with Gasteiger partial charge < -0.3 is 19.9 Å². The van der Waals surface area contributed by atoms with Crippen LogP contribution in [-0.4, -0.2) is 14.2 Å². The predicted molar refractivity (Wildman–Crippen MR) is 75.2 cm³/mol. The first-order valence-corrected chi connectivity index (χ1v) is 5.87. The Labute approximate surface area is 117 Å². The third-order valence-electron chi connectivity index (χ3n) is 2.66. The molecule has 5 heteroatoms. The summed E-state index contributed by atoms with van der Waals surface area (Å²) < 4.78 is 16.1. The molecule has 2 rings (SSSR count). The lowest BCUT2D eigenvalue weighted by atomic mass is 10.2. The molecule has 0 bridgehead atoms. The Morgan fingerprint density at radius 1 is 0.950 bits per heavy atom. The van der Waals surface area contributed by atoms with Gasteiger partial charge in [-0.05, 0) is 12.1 Å². The molecule has 0 radical (unpaired) electrons. The van der Waals surface area contributed by atoms with Crippen LogP contribution in [0.25, 0.3) is 0 Å². The SMILES string of the molecule is COc1cc(N)cc(Oc2ccc(C#N)cc2OC)c1. The number of ether oxygens (including phenoxy) is 3. The molecule has 102 valence electrons. The van der Waals surface area contributed by atoms with Crippen molar-refractivity contribution in [2.75, 3.05) is 20.0 Å². The van der Waals surface area contributed by atoms with Gasteiger partial charge in [0, 0.05) is 30.0 Å². The summed E-state index contributed by atoms with van der Waals surface area (Å²) in [5.74, 6) is 2.11. The van der Waals surface area contributed by atoms with E-state index in [1.54, 1.807) is 43.5 Å². The van der Waals surface area contributed by atoms with E-state index < -0.39 is 0 Å². The summed E-state index contributed by atoms with van der Waals surface area (Å²) in [6, 6.07) is 12.1. The zero-order valence-corrected chi connectivity index (χ0v) is 11.2. The van der Waals surface area contributed by atoms with Crippen molar-refractivity contribution in [1.82, 2.24) is 0 Å². The fraction of sp³-hybridized carbons (Fsp3) is 0.133. The molecule has 0 aliphatic carbocycles. The third kappa shape index (κ3) is 2.93. The van der Waals surface area contributed by atoms with Crippen LogP contribution in [0.5, 0.6) is 23.0 Å². The standard InChI is InChI=1S/C15H14N2O3/c1-18-12-6-11(17)7-13(8-12)20-14-4-3-10(9-16)5-15(14)19-2/h3-8H,17H2,1-2H3. The number of benzene rings is 2. The molecule has 0 amide bonds. The topological polar surface area (TPSA) is 77.5 Å². The lowest BCUT2D eigenvalue weighted by molar-refractivity contribution is 0.376. The van der Waals surface area contributed by atoms with Crippen molar-refractivity contribution in [3.05, 3.63) is 42.0 Å². The highest BCUT2D eigenvalue weighted by molar-refractivity contribution is 5.53. The summed E-state index contributed by atoms with van der Waals surface area (Å²) in [4.78, 5) is 0. The van der Waals surface area contributed by atoms with Gasteiger partial charge in [0.2, 0.25) is 0 Å². The van der Waals surface area contributed by atoms with E-state index in [9.17, 15) is 0 Å². The van der Waals surface area contributed by atoms with Gasteiger partial charge in [0.1, 0.15) is 11.5 Å². The minimum atomic E-state index is 0.477. The normalized spacial score (nSPS) is 9.65. The van der Waals surface area contributed by atoms with Gasteiger partial charge in [0.05, 0.1) is 25.9 Å². The number of methoxy groups -OCH3 is 2. The van der Waals surface area contributed by atoms with Gasteiger partial charge in [0.15, 0.2) is 11.5 Å². The average Bonchev–Trinajstić information content (AvgIpc) is 2.47. The number of anilines is 1.